The minimum absolute atomic E-state index is 0.209. The van der Waals surface area contributed by atoms with Gasteiger partial charge >= 0.3 is 0 Å². The van der Waals surface area contributed by atoms with E-state index in [2.05, 4.69) is 10.9 Å². The third-order valence-electron chi connectivity index (χ3n) is 3.22. The van der Waals surface area contributed by atoms with Gasteiger partial charge in [-0.25, -0.2) is 0 Å². The molecule has 2 amide bonds. The van der Waals surface area contributed by atoms with Crippen LogP contribution in [0.25, 0.3) is 0 Å². The van der Waals surface area contributed by atoms with Crippen molar-refractivity contribution in [1.29, 1.82) is 0 Å². The molecule has 0 saturated heterocycles. The van der Waals surface area contributed by atoms with E-state index >= 15 is 0 Å². The highest BCUT2D eigenvalue weighted by molar-refractivity contribution is 5.96. The Balaban J connectivity index is 1.86. The van der Waals surface area contributed by atoms with Crippen LogP contribution in [0.4, 0.5) is 0 Å². The van der Waals surface area contributed by atoms with Crippen molar-refractivity contribution < 1.29 is 23.5 Å². The van der Waals surface area contributed by atoms with Gasteiger partial charge in [0.25, 0.3) is 5.91 Å². The van der Waals surface area contributed by atoms with E-state index in [-0.39, 0.29) is 12.3 Å². The van der Waals surface area contributed by atoms with Crippen LogP contribution in [-0.2, 0) is 11.2 Å². The van der Waals surface area contributed by atoms with Gasteiger partial charge in [-0.3, -0.25) is 20.4 Å². The highest BCUT2D eigenvalue weighted by Gasteiger charge is 2.12. The summed E-state index contributed by atoms with van der Waals surface area (Å²) in [5, 5.41) is 0. The van der Waals surface area contributed by atoms with Crippen LogP contribution in [0.3, 0.4) is 0 Å². The Hall–Kier alpha value is -2.96. The Morgan fingerprint density at radius 1 is 1.17 bits per heavy atom. The van der Waals surface area contributed by atoms with Gasteiger partial charge in [0.1, 0.15) is 5.76 Å². The first kappa shape index (κ1) is 17.4. The molecular weight excluding hydrogens is 312 g/mol. The van der Waals surface area contributed by atoms with E-state index in [0.717, 1.165) is 0 Å². The average molecular weight is 332 g/mol. The molecule has 0 bridgehead atoms. The maximum Gasteiger partial charge on any atom is 0.269 e. The third kappa shape index (κ3) is 4.77. The largest absolute Gasteiger partial charge is 0.493 e. The van der Waals surface area contributed by atoms with Gasteiger partial charge in [0.15, 0.2) is 11.5 Å². The van der Waals surface area contributed by atoms with E-state index < -0.39 is 5.91 Å². The second-order valence-electron chi connectivity index (χ2n) is 4.88. The van der Waals surface area contributed by atoms with Gasteiger partial charge in [0, 0.05) is 18.4 Å². The first-order chi connectivity index (χ1) is 11.6. The average Bonchev–Trinajstić information content (AvgIpc) is 3.12. The van der Waals surface area contributed by atoms with Crippen molar-refractivity contribution in [3.63, 3.8) is 0 Å². The van der Waals surface area contributed by atoms with Gasteiger partial charge in [-0.2, -0.15) is 0 Å². The number of carbonyl (C=O) groups excluding carboxylic acids is 2. The lowest BCUT2D eigenvalue weighted by molar-refractivity contribution is -0.121. The molecule has 0 atom stereocenters. The maximum absolute atomic E-state index is 12.1. The molecular formula is C17H20N2O5. The van der Waals surface area contributed by atoms with Gasteiger partial charge < -0.3 is 13.9 Å². The van der Waals surface area contributed by atoms with E-state index in [4.69, 9.17) is 13.9 Å². The number of nitrogens with one attached hydrogen (secondary N) is 2. The Labute approximate surface area is 139 Å². The molecule has 0 fully saturated rings. The van der Waals surface area contributed by atoms with Crippen LogP contribution < -0.4 is 20.3 Å². The summed E-state index contributed by atoms with van der Waals surface area (Å²) in [5.41, 5.74) is 5.08. The summed E-state index contributed by atoms with van der Waals surface area (Å²) in [6, 6.07) is 8.34. The first-order valence-electron chi connectivity index (χ1n) is 7.56. The SMILES string of the molecule is CCOc1ccc(C(=O)NNC(=O)CCc2ccco2)cc1OC. The van der Waals surface area contributed by atoms with Crippen molar-refractivity contribution in [1.82, 2.24) is 10.9 Å². The summed E-state index contributed by atoms with van der Waals surface area (Å²) in [6.07, 6.45) is 2.22. The predicted molar refractivity (Wildman–Crippen MR) is 86.8 cm³/mol. The number of methoxy groups -OCH3 is 1. The van der Waals surface area contributed by atoms with Crippen LogP contribution in [-0.4, -0.2) is 25.5 Å². The lowest BCUT2D eigenvalue weighted by Crippen LogP contribution is -2.41. The Morgan fingerprint density at radius 2 is 2.00 bits per heavy atom. The number of benzene rings is 1. The fraction of sp³-hybridized carbons (Fsp3) is 0.294. The van der Waals surface area contributed by atoms with Crippen LogP contribution >= 0.6 is 0 Å². The van der Waals surface area contributed by atoms with Crippen LogP contribution in [0.5, 0.6) is 11.5 Å². The third-order valence-corrected chi connectivity index (χ3v) is 3.22. The van der Waals surface area contributed by atoms with Crippen molar-refractivity contribution >= 4 is 11.8 Å². The van der Waals surface area contributed by atoms with Crippen molar-refractivity contribution in [3.8, 4) is 11.5 Å². The zero-order chi connectivity index (χ0) is 17.4. The van der Waals surface area contributed by atoms with Crippen molar-refractivity contribution in [2.75, 3.05) is 13.7 Å². The summed E-state index contributed by atoms with van der Waals surface area (Å²) >= 11 is 0. The monoisotopic (exact) mass is 332 g/mol. The molecule has 24 heavy (non-hydrogen) atoms. The van der Waals surface area contributed by atoms with E-state index in [0.29, 0.717) is 35.9 Å². The summed E-state index contributed by atoms with van der Waals surface area (Å²) < 4.78 is 15.7. The second-order valence-corrected chi connectivity index (χ2v) is 4.88. The van der Waals surface area contributed by atoms with Crippen LogP contribution in [0, 0.1) is 0 Å². The summed E-state index contributed by atoms with van der Waals surface area (Å²) in [6.45, 7) is 2.35. The highest BCUT2D eigenvalue weighted by Crippen LogP contribution is 2.27. The van der Waals surface area contributed by atoms with Gasteiger partial charge in [-0.15, -0.1) is 0 Å². The normalized spacial score (nSPS) is 10.1. The first-order valence-corrected chi connectivity index (χ1v) is 7.56. The maximum atomic E-state index is 12.1. The summed E-state index contributed by atoms with van der Waals surface area (Å²) in [4.78, 5) is 23.8. The molecule has 0 aliphatic heterocycles. The van der Waals surface area contributed by atoms with Gasteiger partial charge in [-0.1, -0.05) is 0 Å². The molecule has 128 valence electrons. The molecule has 0 aliphatic carbocycles. The number of hydrogen-bond donors (Lipinski definition) is 2. The number of amides is 2. The number of furan rings is 1. The van der Waals surface area contributed by atoms with E-state index in [1.54, 1.807) is 36.6 Å². The fourth-order valence-electron chi connectivity index (χ4n) is 2.04. The molecule has 2 aromatic rings. The molecule has 2 N–H and O–H groups in total. The molecule has 7 heteroatoms. The molecule has 1 aromatic carbocycles. The predicted octanol–water partition coefficient (Wildman–Crippen LogP) is 2.08. The fourth-order valence-corrected chi connectivity index (χ4v) is 2.04. The lowest BCUT2D eigenvalue weighted by atomic mass is 10.2. The van der Waals surface area contributed by atoms with Crippen molar-refractivity contribution in [2.45, 2.75) is 19.8 Å². The minimum Gasteiger partial charge on any atom is -0.493 e. The highest BCUT2D eigenvalue weighted by atomic mass is 16.5. The molecule has 0 saturated carbocycles. The molecule has 1 aromatic heterocycles. The van der Waals surface area contributed by atoms with Gasteiger partial charge in [-0.05, 0) is 37.3 Å². The Bertz CT molecular complexity index is 682. The van der Waals surface area contributed by atoms with E-state index in [9.17, 15) is 9.59 Å². The van der Waals surface area contributed by atoms with Crippen molar-refractivity contribution in [2.24, 2.45) is 0 Å². The zero-order valence-corrected chi connectivity index (χ0v) is 13.6. The quantitative estimate of drug-likeness (QED) is 0.758. The Morgan fingerprint density at radius 3 is 2.67 bits per heavy atom. The second kappa shape index (κ2) is 8.61. The molecule has 0 unspecified atom stereocenters. The zero-order valence-electron chi connectivity index (χ0n) is 13.6. The molecule has 7 nitrogen and oxygen atoms in total. The minimum atomic E-state index is -0.442. The molecule has 0 aliphatic rings. The number of aryl methyl sites for hydroxylation is 1. The van der Waals surface area contributed by atoms with E-state index in [1.807, 2.05) is 6.92 Å². The molecule has 1 heterocycles. The van der Waals surface area contributed by atoms with Crippen molar-refractivity contribution in [3.05, 3.63) is 47.9 Å². The number of ether oxygens (including phenoxy) is 2. The smallest absolute Gasteiger partial charge is 0.269 e. The number of hydrazine groups is 1. The number of hydrogen-bond acceptors (Lipinski definition) is 5. The lowest BCUT2D eigenvalue weighted by Gasteiger charge is -2.11. The molecule has 0 spiro atoms. The topological polar surface area (TPSA) is 89.8 Å². The number of carbonyl (C=O) groups is 2. The molecule has 2 rings (SSSR count). The Kier molecular flexibility index (Phi) is 6.24. The summed E-state index contributed by atoms with van der Waals surface area (Å²) in [7, 11) is 1.50. The van der Waals surface area contributed by atoms with E-state index in [1.165, 1.54) is 7.11 Å². The summed E-state index contributed by atoms with van der Waals surface area (Å²) in [5.74, 6) is 0.973. The van der Waals surface area contributed by atoms with Crippen LogP contribution in [0.2, 0.25) is 0 Å². The van der Waals surface area contributed by atoms with Gasteiger partial charge in [0.05, 0.1) is 20.0 Å². The van der Waals surface area contributed by atoms with Crippen LogP contribution in [0.1, 0.15) is 29.5 Å². The standard InChI is InChI=1S/C17H20N2O5/c1-3-23-14-8-6-12(11-15(14)22-2)17(21)19-18-16(20)9-7-13-5-4-10-24-13/h4-6,8,10-11H,3,7,9H2,1-2H3,(H,18,20)(H,19,21). The van der Waals surface area contributed by atoms with Crippen LogP contribution in [0.15, 0.2) is 41.0 Å². The van der Waals surface area contributed by atoms with Gasteiger partial charge in [0.2, 0.25) is 5.91 Å². The number of rotatable bonds is 7. The molecule has 0 radical (unpaired) electrons.